The van der Waals surface area contributed by atoms with Gasteiger partial charge in [0.25, 0.3) is 0 Å². The summed E-state index contributed by atoms with van der Waals surface area (Å²) in [7, 11) is 0. The Morgan fingerprint density at radius 2 is 1.56 bits per heavy atom. The molecule has 1 aromatic rings. The molecular weight excluding hydrogens is 222 g/mol. The van der Waals surface area contributed by atoms with Gasteiger partial charge < -0.3 is 4.90 Å². The van der Waals surface area contributed by atoms with Crippen molar-refractivity contribution in [2.45, 2.75) is 46.0 Å². The number of carbonyl (C=O) groups excluding carboxylic acids is 1. The summed E-state index contributed by atoms with van der Waals surface area (Å²) in [6, 6.07) is 10.0. The third-order valence-corrected chi connectivity index (χ3v) is 3.11. The van der Waals surface area contributed by atoms with Gasteiger partial charge in [-0.3, -0.25) is 4.79 Å². The van der Waals surface area contributed by atoms with Crippen molar-refractivity contribution in [2.75, 3.05) is 13.1 Å². The van der Waals surface area contributed by atoms with Crippen molar-refractivity contribution in [2.24, 2.45) is 0 Å². The van der Waals surface area contributed by atoms with E-state index in [1.54, 1.807) is 0 Å². The highest BCUT2D eigenvalue weighted by atomic mass is 16.2. The fourth-order valence-electron chi connectivity index (χ4n) is 1.94. The van der Waals surface area contributed by atoms with Gasteiger partial charge in [0.15, 0.2) is 0 Å². The Morgan fingerprint density at radius 3 is 2.06 bits per heavy atom. The predicted octanol–water partition coefficient (Wildman–Crippen LogP) is 3.66. The quantitative estimate of drug-likeness (QED) is 0.686. The molecule has 1 amide bonds. The summed E-state index contributed by atoms with van der Waals surface area (Å²) < 4.78 is 0. The van der Waals surface area contributed by atoms with Crippen LogP contribution in [0.25, 0.3) is 0 Å². The van der Waals surface area contributed by atoms with Crippen LogP contribution in [-0.4, -0.2) is 23.9 Å². The van der Waals surface area contributed by atoms with Crippen LogP contribution >= 0.6 is 0 Å². The number of hydrogen-bond acceptors (Lipinski definition) is 1. The minimum absolute atomic E-state index is 0.267. The van der Waals surface area contributed by atoms with Crippen LogP contribution in [0.5, 0.6) is 0 Å². The zero-order chi connectivity index (χ0) is 13.2. The van der Waals surface area contributed by atoms with Gasteiger partial charge in [-0.15, -0.1) is 0 Å². The zero-order valence-electron chi connectivity index (χ0n) is 11.7. The van der Waals surface area contributed by atoms with E-state index >= 15 is 0 Å². The van der Waals surface area contributed by atoms with Gasteiger partial charge in [-0.05, 0) is 18.4 Å². The van der Waals surface area contributed by atoms with E-state index in [1.165, 1.54) is 0 Å². The Kier molecular flexibility index (Phi) is 7.16. The van der Waals surface area contributed by atoms with Gasteiger partial charge in [0.2, 0.25) is 5.91 Å². The van der Waals surface area contributed by atoms with Gasteiger partial charge in [0, 0.05) is 13.1 Å². The first-order chi connectivity index (χ1) is 8.77. The Bertz CT molecular complexity index is 326. The average molecular weight is 247 g/mol. The van der Waals surface area contributed by atoms with Gasteiger partial charge >= 0.3 is 0 Å². The molecule has 0 aliphatic rings. The molecule has 1 rings (SSSR count). The maximum Gasteiger partial charge on any atom is 0.226 e. The fraction of sp³-hybridized carbons (Fsp3) is 0.562. The van der Waals surface area contributed by atoms with Crippen LogP contribution in [0, 0.1) is 0 Å². The van der Waals surface area contributed by atoms with Crippen molar-refractivity contribution in [3.8, 4) is 0 Å². The first-order valence-corrected chi connectivity index (χ1v) is 7.09. The number of nitrogens with zero attached hydrogens (tertiary/aromatic N) is 1. The van der Waals surface area contributed by atoms with E-state index in [0.29, 0.717) is 6.42 Å². The molecule has 0 saturated carbocycles. The smallest absolute Gasteiger partial charge is 0.226 e. The number of amides is 1. The van der Waals surface area contributed by atoms with Crippen molar-refractivity contribution in [1.82, 2.24) is 4.90 Å². The predicted molar refractivity (Wildman–Crippen MR) is 76.5 cm³/mol. The molecule has 18 heavy (non-hydrogen) atoms. The minimum atomic E-state index is 0.267. The van der Waals surface area contributed by atoms with Crippen molar-refractivity contribution in [1.29, 1.82) is 0 Å². The lowest BCUT2D eigenvalue weighted by Gasteiger charge is -2.22. The second-order valence-corrected chi connectivity index (χ2v) is 4.75. The monoisotopic (exact) mass is 247 g/mol. The third kappa shape index (κ3) is 5.35. The summed E-state index contributed by atoms with van der Waals surface area (Å²) in [6.45, 7) is 6.14. The number of hydrogen-bond donors (Lipinski definition) is 0. The summed E-state index contributed by atoms with van der Waals surface area (Å²) in [4.78, 5) is 14.3. The number of unbranched alkanes of at least 4 members (excludes halogenated alkanes) is 2. The number of benzene rings is 1. The Hall–Kier alpha value is -1.31. The average Bonchev–Trinajstić information content (AvgIpc) is 2.40. The first-order valence-electron chi connectivity index (χ1n) is 7.09. The van der Waals surface area contributed by atoms with Gasteiger partial charge in [-0.1, -0.05) is 57.0 Å². The van der Waals surface area contributed by atoms with Gasteiger partial charge in [0.1, 0.15) is 0 Å². The van der Waals surface area contributed by atoms with Crippen LogP contribution in [-0.2, 0) is 11.2 Å². The van der Waals surface area contributed by atoms with Crippen molar-refractivity contribution in [3.05, 3.63) is 35.9 Å². The number of rotatable bonds is 8. The van der Waals surface area contributed by atoms with Crippen LogP contribution in [0.1, 0.15) is 45.1 Å². The van der Waals surface area contributed by atoms with Crippen molar-refractivity contribution >= 4 is 5.91 Å². The van der Waals surface area contributed by atoms with Crippen LogP contribution in [0.2, 0.25) is 0 Å². The normalized spacial score (nSPS) is 10.3. The third-order valence-electron chi connectivity index (χ3n) is 3.11. The zero-order valence-corrected chi connectivity index (χ0v) is 11.7. The lowest BCUT2D eigenvalue weighted by atomic mass is 10.1. The van der Waals surface area contributed by atoms with E-state index in [-0.39, 0.29) is 5.91 Å². The molecule has 0 spiro atoms. The lowest BCUT2D eigenvalue weighted by Crippen LogP contribution is -2.34. The molecular formula is C16H25NO. The Morgan fingerprint density at radius 1 is 1.00 bits per heavy atom. The van der Waals surface area contributed by atoms with Crippen molar-refractivity contribution < 1.29 is 4.79 Å². The molecule has 0 saturated heterocycles. The fourth-order valence-corrected chi connectivity index (χ4v) is 1.94. The summed E-state index contributed by atoms with van der Waals surface area (Å²) in [5, 5.41) is 0. The summed E-state index contributed by atoms with van der Waals surface area (Å²) in [5.41, 5.74) is 1.11. The SMILES string of the molecule is CCCCN(CCCC)C(=O)Cc1ccccc1. The van der Waals surface area contributed by atoms with Crippen LogP contribution in [0.3, 0.4) is 0 Å². The molecule has 0 aliphatic heterocycles. The van der Waals surface area contributed by atoms with E-state index in [1.807, 2.05) is 35.2 Å². The highest BCUT2D eigenvalue weighted by Gasteiger charge is 2.12. The minimum Gasteiger partial charge on any atom is -0.342 e. The summed E-state index contributed by atoms with van der Waals surface area (Å²) in [6.07, 6.45) is 5.02. The van der Waals surface area contributed by atoms with Crippen LogP contribution < -0.4 is 0 Å². The molecule has 0 fully saturated rings. The Labute approximate surface area is 111 Å². The standard InChI is InChI=1S/C16H25NO/c1-3-5-12-17(13-6-4-2)16(18)14-15-10-8-7-9-11-15/h7-11H,3-6,12-14H2,1-2H3. The molecule has 0 unspecified atom stereocenters. The maximum atomic E-state index is 12.3. The molecule has 0 heterocycles. The van der Waals surface area contributed by atoms with Crippen LogP contribution in [0.15, 0.2) is 30.3 Å². The molecule has 0 bridgehead atoms. The van der Waals surface area contributed by atoms with Gasteiger partial charge in [0.05, 0.1) is 6.42 Å². The first kappa shape index (κ1) is 14.7. The second kappa shape index (κ2) is 8.73. The maximum absolute atomic E-state index is 12.3. The van der Waals surface area contributed by atoms with E-state index < -0.39 is 0 Å². The molecule has 0 atom stereocenters. The molecule has 0 aromatic heterocycles. The summed E-state index contributed by atoms with van der Waals surface area (Å²) >= 11 is 0. The van der Waals surface area contributed by atoms with E-state index in [2.05, 4.69) is 13.8 Å². The number of carbonyl (C=O) groups is 1. The topological polar surface area (TPSA) is 20.3 Å². The largest absolute Gasteiger partial charge is 0.342 e. The molecule has 0 aliphatic carbocycles. The Balaban J connectivity index is 2.52. The molecule has 0 radical (unpaired) electrons. The second-order valence-electron chi connectivity index (χ2n) is 4.75. The van der Waals surface area contributed by atoms with E-state index in [0.717, 1.165) is 44.3 Å². The van der Waals surface area contributed by atoms with Gasteiger partial charge in [-0.25, -0.2) is 0 Å². The highest BCUT2D eigenvalue weighted by molar-refractivity contribution is 5.78. The molecule has 100 valence electrons. The molecule has 2 heteroatoms. The van der Waals surface area contributed by atoms with E-state index in [4.69, 9.17) is 0 Å². The molecule has 2 nitrogen and oxygen atoms in total. The highest BCUT2D eigenvalue weighted by Crippen LogP contribution is 2.06. The van der Waals surface area contributed by atoms with Crippen LogP contribution in [0.4, 0.5) is 0 Å². The van der Waals surface area contributed by atoms with E-state index in [9.17, 15) is 4.79 Å². The summed E-state index contributed by atoms with van der Waals surface area (Å²) in [5.74, 6) is 0.267. The lowest BCUT2D eigenvalue weighted by molar-refractivity contribution is -0.130. The van der Waals surface area contributed by atoms with Crippen molar-refractivity contribution in [3.63, 3.8) is 0 Å². The molecule has 0 N–H and O–H groups in total. The van der Waals surface area contributed by atoms with Gasteiger partial charge in [-0.2, -0.15) is 0 Å². The molecule has 1 aromatic carbocycles.